The molecule has 0 bridgehead atoms. The van der Waals surface area contributed by atoms with Crippen molar-refractivity contribution in [3.05, 3.63) is 50.8 Å². The number of halogens is 2. The number of aryl methyl sites for hydroxylation is 2. The summed E-state index contributed by atoms with van der Waals surface area (Å²) < 4.78 is 2.63. The van der Waals surface area contributed by atoms with Gasteiger partial charge in [-0.05, 0) is 44.5 Å². The Morgan fingerprint density at radius 2 is 2.12 bits per heavy atom. The summed E-state index contributed by atoms with van der Waals surface area (Å²) >= 11 is 10.00. The summed E-state index contributed by atoms with van der Waals surface area (Å²) in [6.07, 6.45) is 1.64. The van der Waals surface area contributed by atoms with E-state index in [9.17, 15) is 4.79 Å². The van der Waals surface area contributed by atoms with E-state index in [0.29, 0.717) is 34.4 Å². The van der Waals surface area contributed by atoms with Crippen LogP contribution in [-0.4, -0.2) is 27.1 Å². The molecule has 0 saturated heterocycles. The van der Waals surface area contributed by atoms with Crippen molar-refractivity contribution in [1.82, 2.24) is 20.1 Å². The summed E-state index contributed by atoms with van der Waals surface area (Å²) in [6, 6.07) is 5.78. The minimum atomic E-state index is -0.416. The Morgan fingerprint density at radius 3 is 2.81 bits per heavy atom. The van der Waals surface area contributed by atoms with Crippen molar-refractivity contribution in [2.24, 2.45) is 0 Å². The molecule has 0 aliphatic heterocycles. The number of pyridine rings is 1. The monoisotopic (exact) mass is 437 g/mol. The Bertz CT molecular complexity index is 989. The second-order valence-corrected chi connectivity index (χ2v) is 6.91. The average Bonchev–Trinajstić information content (AvgIpc) is 2.98. The van der Waals surface area contributed by atoms with Crippen molar-refractivity contribution < 1.29 is 9.63 Å². The van der Waals surface area contributed by atoms with Crippen molar-refractivity contribution in [3.63, 3.8) is 0 Å². The lowest BCUT2D eigenvalue weighted by atomic mass is 10.1. The Kier molecular flexibility index (Phi) is 5.45. The minimum absolute atomic E-state index is 0.303. The molecule has 26 heavy (non-hydrogen) atoms. The lowest BCUT2D eigenvalue weighted by Gasteiger charge is -2.16. The number of amides is 1. The normalized spacial score (nSPS) is 11.0. The Hall–Kier alpha value is -2.16. The molecule has 136 valence electrons. The first kappa shape index (κ1) is 18.6. The van der Waals surface area contributed by atoms with Crippen LogP contribution in [0.5, 0.6) is 0 Å². The van der Waals surface area contributed by atoms with Gasteiger partial charge in [0.1, 0.15) is 10.8 Å². The first-order chi connectivity index (χ1) is 12.4. The van der Waals surface area contributed by atoms with Crippen molar-refractivity contribution in [2.45, 2.75) is 20.8 Å². The van der Waals surface area contributed by atoms with Crippen LogP contribution in [0.1, 0.15) is 28.7 Å². The molecule has 0 fully saturated rings. The molecule has 9 heteroatoms. The maximum Gasteiger partial charge on any atom is 0.278 e. The third-order valence-electron chi connectivity index (χ3n) is 3.81. The number of anilines is 2. The van der Waals surface area contributed by atoms with E-state index in [0.717, 1.165) is 15.7 Å². The van der Waals surface area contributed by atoms with Gasteiger partial charge >= 0.3 is 0 Å². The van der Waals surface area contributed by atoms with Gasteiger partial charge in [-0.25, -0.2) is 5.48 Å². The summed E-state index contributed by atoms with van der Waals surface area (Å²) in [6.45, 7) is 5.87. The van der Waals surface area contributed by atoms with Gasteiger partial charge in [-0.3, -0.25) is 14.0 Å². The standard InChI is InChI=1S/C17H17BrClN5O2/c1-4-26-23-17(25)12-8-24-10(3)21-22-16(24)14(19)15(12)20-13-6-5-11(18)7-9(13)2/h5-8,20H,4H2,1-3H3,(H,23,25). The number of nitrogens with one attached hydrogen (secondary N) is 2. The van der Waals surface area contributed by atoms with Crippen molar-refractivity contribution in [3.8, 4) is 0 Å². The molecule has 0 unspecified atom stereocenters. The molecule has 2 aromatic heterocycles. The van der Waals surface area contributed by atoms with Crippen LogP contribution in [0.3, 0.4) is 0 Å². The number of benzene rings is 1. The van der Waals surface area contributed by atoms with Crippen LogP contribution in [0.15, 0.2) is 28.9 Å². The summed E-state index contributed by atoms with van der Waals surface area (Å²) in [5, 5.41) is 11.7. The molecule has 0 radical (unpaired) electrons. The van der Waals surface area contributed by atoms with Gasteiger partial charge in [0.15, 0.2) is 5.65 Å². The molecule has 0 saturated carbocycles. The molecule has 0 aliphatic rings. The van der Waals surface area contributed by atoms with E-state index < -0.39 is 5.91 Å². The number of carbonyl (C=O) groups excluding carboxylic acids is 1. The Balaban J connectivity index is 2.14. The highest BCUT2D eigenvalue weighted by Gasteiger charge is 2.21. The maximum atomic E-state index is 12.6. The van der Waals surface area contributed by atoms with E-state index in [1.54, 1.807) is 24.4 Å². The molecule has 0 aliphatic carbocycles. The number of carbonyl (C=O) groups is 1. The van der Waals surface area contributed by atoms with Crippen LogP contribution in [0.2, 0.25) is 5.02 Å². The SMILES string of the molecule is CCONC(=O)c1cn2c(C)nnc2c(Cl)c1Nc1ccc(Br)cc1C. The zero-order chi connectivity index (χ0) is 18.8. The van der Waals surface area contributed by atoms with Gasteiger partial charge in [0.2, 0.25) is 0 Å². The smallest absolute Gasteiger partial charge is 0.278 e. The van der Waals surface area contributed by atoms with Gasteiger partial charge in [-0.2, -0.15) is 0 Å². The molecule has 2 heterocycles. The van der Waals surface area contributed by atoms with Gasteiger partial charge in [-0.1, -0.05) is 27.5 Å². The van der Waals surface area contributed by atoms with Crippen LogP contribution in [-0.2, 0) is 4.84 Å². The molecule has 2 N–H and O–H groups in total. The minimum Gasteiger partial charge on any atom is -0.353 e. The topological polar surface area (TPSA) is 80.5 Å². The zero-order valence-electron chi connectivity index (χ0n) is 14.4. The zero-order valence-corrected chi connectivity index (χ0v) is 16.8. The van der Waals surface area contributed by atoms with Crippen LogP contribution < -0.4 is 10.8 Å². The van der Waals surface area contributed by atoms with Gasteiger partial charge in [0.05, 0.1) is 17.9 Å². The molecule has 1 aromatic carbocycles. The highest BCUT2D eigenvalue weighted by molar-refractivity contribution is 9.10. The second-order valence-electron chi connectivity index (χ2n) is 5.62. The number of hydroxylamine groups is 1. The lowest BCUT2D eigenvalue weighted by molar-refractivity contribution is 0.0365. The summed E-state index contributed by atoms with van der Waals surface area (Å²) in [5.41, 5.74) is 5.44. The number of hydrogen-bond acceptors (Lipinski definition) is 5. The molecule has 3 rings (SSSR count). The predicted octanol–water partition coefficient (Wildman–Crippen LogP) is 4.19. The number of hydrogen-bond donors (Lipinski definition) is 2. The van der Waals surface area contributed by atoms with Crippen molar-refractivity contribution >= 4 is 50.5 Å². The summed E-state index contributed by atoms with van der Waals surface area (Å²) in [5.74, 6) is 0.208. The van der Waals surface area contributed by atoms with E-state index in [4.69, 9.17) is 16.4 Å². The number of nitrogens with zero attached hydrogens (tertiary/aromatic N) is 3. The molecule has 0 spiro atoms. The molecular weight excluding hydrogens is 422 g/mol. The molecular formula is C17H17BrClN5O2. The summed E-state index contributed by atoms with van der Waals surface area (Å²) in [4.78, 5) is 17.6. The molecule has 3 aromatic rings. The van der Waals surface area contributed by atoms with Crippen LogP contribution in [0.25, 0.3) is 5.65 Å². The fraction of sp³-hybridized carbons (Fsp3) is 0.235. The van der Waals surface area contributed by atoms with Crippen molar-refractivity contribution in [1.29, 1.82) is 0 Å². The van der Waals surface area contributed by atoms with E-state index in [-0.39, 0.29) is 0 Å². The van der Waals surface area contributed by atoms with E-state index in [2.05, 4.69) is 36.9 Å². The van der Waals surface area contributed by atoms with E-state index in [1.807, 2.05) is 25.1 Å². The van der Waals surface area contributed by atoms with Gasteiger partial charge in [-0.15, -0.1) is 10.2 Å². The van der Waals surface area contributed by atoms with Crippen molar-refractivity contribution in [2.75, 3.05) is 11.9 Å². The molecule has 1 amide bonds. The summed E-state index contributed by atoms with van der Waals surface area (Å²) in [7, 11) is 0. The van der Waals surface area contributed by atoms with Gasteiger partial charge < -0.3 is 5.32 Å². The van der Waals surface area contributed by atoms with E-state index in [1.165, 1.54) is 0 Å². The lowest BCUT2D eigenvalue weighted by Crippen LogP contribution is -2.25. The van der Waals surface area contributed by atoms with E-state index >= 15 is 0 Å². The molecule has 7 nitrogen and oxygen atoms in total. The first-order valence-corrected chi connectivity index (χ1v) is 9.08. The number of aromatic nitrogens is 3. The van der Waals surface area contributed by atoms with Crippen LogP contribution >= 0.6 is 27.5 Å². The van der Waals surface area contributed by atoms with Gasteiger partial charge in [0, 0.05) is 16.4 Å². The van der Waals surface area contributed by atoms with Crippen LogP contribution in [0.4, 0.5) is 11.4 Å². The highest BCUT2D eigenvalue weighted by Crippen LogP contribution is 2.34. The third kappa shape index (κ3) is 3.53. The highest BCUT2D eigenvalue weighted by atomic mass is 79.9. The van der Waals surface area contributed by atoms with Gasteiger partial charge in [0.25, 0.3) is 5.91 Å². The predicted molar refractivity (Wildman–Crippen MR) is 104 cm³/mol. The van der Waals surface area contributed by atoms with Crippen LogP contribution in [0, 0.1) is 13.8 Å². The quantitative estimate of drug-likeness (QED) is 0.584. The Labute approximate surface area is 163 Å². The largest absolute Gasteiger partial charge is 0.353 e. The average molecular weight is 439 g/mol. The fourth-order valence-corrected chi connectivity index (χ4v) is 3.24. The first-order valence-electron chi connectivity index (χ1n) is 7.91. The molecule has 0 atom stereocenters. The number of rotatable bonds is 5. The number of fused-ring (bicyclic) bond motifs is 1. The second kappa shape index (κ2) is 7.61. The Morgan fingerprint density at radius 1 is 1.35 bits per heavy atom. The maximum absolute atomic E-state index is 12.6. The fourth-order valence-electron chi connectivity index (χ4n) is 2.49. The third-order valence-corrected chi connectivity index (χ3v) is 4.66.